The fraction of sp³-hybridized carbons (Fsp3) is 0.909. The van der Waals surface area contributed by atoms with Gasteiger partial charge in [0.15, 0.2) is 0 Å². The average Bonchev–Trinajstić information content (AvgIpc) is 2.17. The lowest BCUT2D eigenvalue weighted by Crippen LogP contribution is -2.44. The highest BCUT2D eigenvalue weighted by atomic mass is 32.2. The molecule has 15 heavy (non-hydrogen) atoms. The minimum absolute atomic E-state index is 0.0235. The van der Waals surface area contributed by atoms with Crippen LogP contribution in [0.3, 0.4) is 0 Å². The lowest BCUT2D eigenvalue weighted by Gasteiger charge is -2.34. The number of amides is 1. The van der Waals surface area contributed by atoms with E-state index in [2.05, 4.69) is 13.8 Å². The predicted molar refractivity (Wildman–Crippen MR) is 65.9 cm³/mol. The summed E-state index contributed by atoms with van der Waals surface area (Å²) >= 11 is 1.99. The highest BCUT2D eigenvalue weighted by Crippen LogP contribution is 2.25. The number of carbonyl (C=O) groups is 1. The van der Waals surface area contributed by atoms with Crippen molar-refractivity contribution in [2.75, 3.05) is 18.8 Å². The highest BCUT2D eigenvalue weighted by Gasteiger charge is 2.25. The van der Waals surface area contributed by atoms with Gasteiger partial charge in [0.25, 0.3) is 0 Å². The highest BCUT2D eigenvalue weighted by molar-refractivity contribution is 8.00. The van der Waals surface area contributed by atoms with Gasteiger partial charge in [-0.15, -0.1) is 0 Å². The Bertz CT molecular complexity index is 219. The van der Waals surface area contributed by atoms with Crippen LogP contribution in [0.15, 0.2) is 0 Å². The molecule has 1 amide bonds. The summed E-state index contributed by atoms with van der Waals surface area (Å²) in [6.07, 6.45) is 0.482. The zero-order valence-corrected chi connectivity index (χ0v) is 10.7. The summed E-state index contributed by atoms with van der Waals surface area (Å²) in [6, 6.07) is -0.0235. The van der Waals surface area contributed by atoms with Crippen LogP contribution in [-0.2, 0) is 4.79 Å². The van der Waals surface area contributed by atoms with Crippen LogP contribution in [0.25, 0.3) is 0 Å². The van der Waals surface area contributed by atoms with Gasteiger partial charge < -0.3 is 10.6 Å². The Labute approximate surface area is 96.8 Å². The molecule has 1 saturated heterocycles. The summed E-state index contributed by atoms with van der Waals surface area (Å²) < 4.78 is 0. The maximum absolute atomic E-state index is 11.8. The zero-order valence-electron chi connectivity index (χ0n) is 9.90. The van der Waals surface area contributed by atoms with E-state index in [4.69, 9.17) is 5.73 Å². The van der Waals surface area contributed by atoms with Gasteiger partial charge in [0.05, 0.1) is 0 Å². The van der Waals surface area contributed by atoms with E-state index in [-0.39, 0.29) is 11.9 Å². The monoisotopic (exact) mass is 230 g/mol. The fourth-order valence-electron chi connectivity index (χ4n) is 1.71. The predicted octanol–water partition coefficient (Wildman–Crippen LogP) is 1.32. The maximum Gasteiger partial charge on any atom is 0.224 e. The van der Waals surface area contributed by atoms with Crippen molar-refractivity contribution in [2.24, 2.45) is 11.7 Å². The van der Waals surface area contributed by atoms with Crippen molar-refractivity contribution in [1.82, 2.24) is 4.90 Å². The number of hydrogen-bond acceptors (Lipinski definition) is 3. The van der Waals surface area contributed by atoms with Gasteiger partial charge in [0.1, 0.15) is 0 Å². The fourth-order valence-corrected chi connectivity index (χ4v) is 3.01. The van der Waals surface area contributed by atoms with Crippen LogP contribution < -0.4 is 5.73 Å². The molecular formula is C11H22N2OS. The molecule has 0 bridgehead atoms. The van der Waals surface area contributed by atoms with Crippen molar-refractivity contribution in [1.29, 1.82) is 0 Å². The summed E-state index contributed by atoms with van der Waals surface area (Å²) in [4.78, 5) is 13.8. The molecule has 1 rings (SSSR count). The molecule has 2 N–H and O–H groups in total. The Morgan fingerprint density at radius 2 is 2.20 bits per heavy atom. The summed E-state index contributed by atoms with van der Waals surface area (Å²) in [5, 5.41) is 0.593. The third-order valence-corrected chi connectivity index (χ3v) is 4.23. The van der Waals surface area contributed by atoms with Gasteiger partial charge >= 0.3 is 0 Å². The Kier molecular flexibility index (Phi) is 4.93. The zero-order chi connectivity index (χ0) is 11.4. The molecule has 0 aromatic heterocycles. The van der Waals surface area contributed by atoms with Crippen LogP contribution in [0.5, 0.6) is 0 Å². The molecule has 0 radical (unpaired) electrons. The molecular weight excluding hydrogens is 208 g/mol. The van der Waals surface area contributed by atoms with E-state index in [1.54, 1.807) is 0 Å². The van der Waals surface area contributed by atoms with Crippen molar-refractivity contribution >= 4 is 17.7 Å². The Hall–Kier alpha value is -0.220. The minimum atomic E-state index is -0.0235. The average molecular weight is 230 g/mol. The second kappa shape index (κ2) is 5.75. The molecule has 0 spiro atoms. The maximum atomic E-state index is 11.8. The molecule has 0 aromatic rings. The largest absolute Gasteiger partial charge is 0.341 e. The van der Waals surface area contributed by atoms with Crippen molar-refractivity contribution in [3.8, 4) is 0 Å². The molecule has 3 nitrogen and oxygen atoms in total. The van der Waals surface area contributed by atoms with Gasteiger partial charge in [0.2, 0.25) is 5.91 Å². The Balaban J connectivity index is 2.45. The first-order valence-electron chi connectivity index (χ1n) is 5.65. The van der Waals surface area contributed by atoms with Gasteiger partial charge in [-0.05, 0) is 12.8 Å². The second-order valence-electron chi connectivity index (χ2n) is 4.67. The minimum Gasteiger partial charge on any atom is -0.341 e. The van der Waals surface area contributed by atoms with Crippen LogP contribution in [0.1, 0.15) is 27.2 Å². The van der Waals surface area contributed by atoms with Gasteiger partial charge in [-0.2, -0.15) is 11.8 Å². The molecule has 2 unspecified atom stereocenters. The van der Waals surface area contributed by atoms with E-state index in [9.17, 15) is 4.79 Å². The van der Waals surface area contributed by atoms with Crippen LogP contribution in [0, 0.1) is 5.92 Å². The second-order valence-corrected chi connectivity index (χ2v) is 6.02. The SMILES string of the molecule is CC(N)CC(=O)N1CCSC(C(C)C)C1. The molecule has 4 heteroatoms. The van der Waals surface area contributed by atoms with Crippen molar-refractivity contribution < 1.29 is 4.79 Å². The molecule has 1 aliphatic heterocycles. The van der Waals surface area contributed by atoms with E-state index in [0.29, 0.717) is 17.6 Å². The quantitative estimate of drug-likeness (QED) is 0.795. The van der Waals surface area contributed by atoms with Crippen LogP contribution in [0.4, 0.5) is 0 Å². The summed E-state index contributed by atoms with van der Waals surface area (Å²) in [6.45, 7) is 8.11. The third kappa shape index (κ3) is 4.03. The van der Waals surface area contributed by atoms with Gasteiger partial charge in [-0.25, -0.2) is 0 Å². The van der Waals surface area contributed by atoms with Gasteiger partial charge in [-0.1, -0.05) is 13.8 Å². The van der Waals surface area contributed by atoms with Gasteiger partial charge in [0, 0.05) is 36.6 Å². The van der Waals surface area contributed by atoms with E-state index in [0.717, 1.165) is 18.8 Å². The Morgan fingerprint density at radius 1 is 1.53 bits per heavy atom. The van der Waals surface area contributed by atoms with Crippen LogP contribution >= 0.6 is 11.8 Å². The number of rotatable bonds is 3. The smallest absolute Gasteiger partial charge is 0.224 e. The number of nitrogens with zero attached hydrogens (tertiary/aromatic N) is 1. The summed E-state index contributed by atoms with van der Waals surface area (Å²) in [7, 11) is 0. The van der Waals surface area contributed by atoms with Gasteiger partial charge in [-0.3, -0.25) is 4.79 Å². The number of thioether (sulfide) groups is 1. The first kappa shape index (κ1) is 12.8. The van der Waals surface area contributed by atoms with Crippen LogP contribution in [0.2, 0.25) is 0 Å². The van der Waals surface area contributed by atoms with E-state index in [1.807, 2.05) is 23.6 Å². The van der Waals surface area contributed by atoms with Crippen molar-refractivity contribution in [3.63, 3.8) is 0 Å². The molecule has 1 fully saturated rings. The van der Waals surface area contributed by atoms with Crippen LogP contribution in [-0.4, -0.2) is 40.9 Å². The number of carbonyl (C=O) groups excluding carboxylic acids is 1. The molecule has 2 atom stereocenters. The third-order valence-electron chi connectivity index (χ3n) is 2.69. The lowest BCUT2D eigenvalue weighted by molar-refractivity contribution is -0.131. The topological polar surface area (TPSA) is 46.3 Å². The number of nitrogens with two attached hydrogens (primary N) is 1. The molecule has 1 aliphatic rings. The van der Waals surface area contributed by atoms with E-state index >= 15 is 0 Å². The molecule has 0 aromatic carbocycles. The Morgan fingerprint density at radius 3 is 2.73 bits per heavy atom. The summed E-state index contributed by atoms with van der Waals surface area (Å²) in [5.41, 5.74) is 5.64. The normalized spacial score (nSPS) is 24.3. The first-order chi connectivity index (χ1) is 7.00. The molecule has 0 saturated carbocycles. The van der Waals surface area contributed by atoms with E-state index in [1.165, 1.54) is 0 Å². The first-order valence-corrected chi connectivity index (χ1v) is 6.70. The summed E-state index contributed by atoms with van der Waals surface area (Å²) in [5.74, 6) is 1.92. The van der Waals surface area contributed by atoms with E-state index < -0.39 is 0 Å². The van der Waals surface area contributed by atoms with Crippen molar-refractivity contribution in [3.05, 3.63) is 0 Å². The standard InChI is InChI=1S/C11H22N2OS/c1-8(2)10-7-13(4-5-15-10)11(14)6-9(3)12/h8-10H,4-7,12H2,1-3H3. The van der Waals surface area contributed by atoms with Crippen molar-refractivity contribution in [2.45, 2.75) is 38.5 Å². The number of hydrogen-bond donors (Lipinski definition) is 1. The molecule has 0 aliphatic carbocycles. The molecule has 88 valence electrons. The lowest BCUT2D eigenvalue weighted by atomic mass is 10.1. The molecule has 1 heterocycles.